The van der Waals surface area contributed by atoms with Gasteiger partial charge >= 0.3 is 0 Å². The molecule has 0 bridgehead atoms. The second-order valence-electron chi connectivity index (χ2n) is 4.60. The van der Waals surface area contributed by atoms with Crippen LogP contribution >= 0.6 is 15.9 Å². The van der Waals surface area contributed by atoms with E-state index in [1.165, 1.54) is 5.56 Å². The minimum absolute atomic E-state index is 0.863. The average Bonchev–Trinajstić information content (AvgIpc) is 2.89. The molecule has 0 amide bonds. The number of nitrogens with one attached hydrogen (secondary N) is 1. The first-order valence-corrected chi connectivity index (χ1v) is 7.36. The zero-order valence-corrected chi connectivity index (χ0v) is 12.5. The van der Waals surface area contributed by atoms with Crippen LogP contribution in [-0.4, -0.2) is 21.1 Å². The summed E-state index contributed by atoms with van der Waals surface area (Å²) in [4.78, 5) is 0. The van der Waals surface area contributed by atoms with Crippen molar-refractivity contribution in [1.82, 2.24) is 19.9 Å². The fourth-order valence-corrected chi connectivity index (χ4v) is 2.36. The quantitative estimate of drug-likeness (QED) is 0.731. The summed E-state index contributed by atoms with van der Waals surface area (Å²) in [6.45, 7) is 1.75. The molecule has 0 unspecified atom stereocenters. The van der Waals surface area contributed by atoms with Crippen molar-refractivity contribution in [2.45, 2.75) is 13.0 Å². The smallest absolute Gasteiger partial charge is 0.160 e. The molecule has 1 aromatic carbocycles. The molecule has 0 fully saturated rings. The Hall–Kier alpha value is -1.72. The highest BCUT2D eigenvalue weighted by Gasteiger charge is 2.03. The SMILES string of the molecule is Brc1ccc(CNCCc2nnc3ccccn23)cc1. The molecular weight excluding hydrogens is 316 g/mol. The number of halogens is 1. The standard InChI is InChI=1S/C15H15BrN4/c16-13-6-4-12(5-7-13)11-17-9-8-15-19-18-14-3-1-2-10-20(14)15/h1-7,10,17H,8-9,11H2. The van der Waals surface area contributed by atoms with Crippen molar-refractivity contribution >= 4 is 21.6 Å². The Morgan fingerprint density at radius 2 is 1.90 bits per heavy atom. The minimum atomic E-state index is 0.863. The van der Waals surface area contributed by atoms with Gasteiger partial charge in [0, 0.05) is 30.2 Å². The van der Waals surface area contributed by atoms with Gasteiger partial charge in [0.1, 0.15) is 5.82 Å². The summed E-state index contributed by atoms with van der Waals surface area (Å²) in [5.41, 5.74) is 2.18. The molecule has 0 aliphatic carbocycles. The molecule has 0 saturated heterocycles. The van der Waals surface area contributed by atoms with E-state index in [0.29, 0.717) is 0 Å². The highest BCUT2D eigenvalue weighted by atomic mass is 79.9. The van der Waals surface area contributed by atoms with Crippen LogP contribution in [-0.2, 0) is 13.0 Å². The van der Waals surface area contributed by atoms with Crippen molar-refractivity contribution in [1.29, 1.82) is 0 Å². The molecule has 0 radical (unpaired) electrons. The molecule has 2 heterocycles. The van der Waals surface area contributed by atoms with Gasteiger partial charge in [-0.1, -0.05) is 34.1 Å². The van der Waals surface area contributed by atoms with Crippen molar-refractivity contribution in [2.75, 3.05) is 6.54 Å². The van der Waals surface area contributed by atoms with E-state index in [1.54, 1.807) is 0 Å². The van der Waals surface area contributed by atoms with Crippen LogP contribution in [0.4, 0.5) is 0 Å². The summed E-state index contributed by atoms with van der Waals surface area (Å²) >= 11 is 3.44. The van der Waals surface area contributed by atoms with Gasteiger partial charge in [-0.3, -0.25) is 4.40 Å². The second-order valence-corrected chi connectivity index (χ2v) is 5.51. The lowest BCUT2D eigenvalue weighted by atomic mass is 10.2. The van der Waals surface area contributed by atoms with E-state index in [9.17, 15) is 0 Å². The molecular formula is C15H15BrN4. The van der Waals surface area contributed by atoms with E-state index in [-0.39, 0.29) is 0 Å². The number of hydrogen-bond acceptors (Lipinski definition) is 3. The number of pyridine rings is 1. The Kier molecular flexibility index (Phi) is 4.08. The van der Waals surface area contributed by atoms with Crippen LogP contribution in [0.15, 0.2) is 53.1 Å². The molecule has 0 saturated carbocycles. The van der Waals surface area contributed by atoms with Crippen LogP contribution < -0.4 is 5.32 Å². The lowest BCUT2D eigenvalue weighted by molar-refractivity contribution is 0.667. The molecule has 0 atom stereocenters. The van der Waals surface area contributed by atoms with Crippen LogP contribution in [0.1, 0.15) is 11.4 Å². The predicted octanol–water partition coefficient (Wildman–Crippen LogP) is 2.82. The number of hydrogen-bond donors (Lipinski definition) is 1. The maximum atomic E-state index is 4.22. The maximum absolute atomic E-state index is 4.22. The summed E-state index contributed by atoms with van der Waals surface area (Å²) in [6, 6.07) is 14.3. The third-order valence-corrected chi connectivity index (χ3v) is 3.68. The molecule has 4 nitrogen and oxygen atoms in total. The number of rotatable bonds is 5. The van der Waals surface area contributed by atoms with E-state index in [2.05, 4.69) is 55.7 Å². The van der Waals surface area contributed by atoms with E-state index < -0.39 is 0 Å². The highest BCUT2D eigenvalue weighted by molar-refractivity contribution is 9.10. The van der Waals surface area contributed by atoms with Crippen molar-refractivity contribution < 1.29 is 0 Å². The van der Waals surface area contributed by atoms with E-state index in [1.807, 2.05) is 28.8 Å². The Balaban J connectivity index is 1.54. The van der Waals surface area contributed by atoms with Crippen molar-refractivity contribution in [3.63, 3.8) is 0 Å². The van der Waals surface area contributed by atoms with Gasteiger partial charge in [-0.2, -0.15) is 0 Å². The first-order valence-electron chi connectivity index (χ1n) is 6.57. The monoisotopic (exact) mass is 330 g/mol. The summed E-state index contributed by atoms with van der Waals surface area (Å²) in [7, 11) is 0. The van der Waals surface area contributed by atoms with E-state index in [0.717, 1.165) is 35.5 Å². The van der Waals surface area contributed by atoms with Gasteiger partial charge in [-0.05, 0) is 29.8 Å². The molecule has 3 rings (SSSR count). The average molecular weight is 331 g/mol. The van der Waals surface area contributed by atoms with Gasteiger partial charge in [-0.25, -0.2) is 0 Å². The Labute approximate surface area is 126 Å². The summed E-state index contributed by atoms with van der Waals surface area (Å²) in [5, 5.41) is 11.8. The number of nitrogens with zero attached hydrogens (tertiary/aromatic N) is 3. The Morgan fingerprint density at radius 1 is 1.05 bits per heavy atom. The predicted molar refractivity (Wildman–Crippen MR) is 82.5 cm³/mol. The molecule has 0 spiro atoms. The minimum Gasteiger partial charge on any atom is -0.312 e. The van der Waals surface area contributed by atoms with Crippen molar-refractivity contribution in [2.24, 2.45) is 0 Å². The number of benzene rings is 1. The van der Waals surface area contributed by atoms with Crippen LogP contribution in [0.5, 0.6) is 0 Å². The number of fused-ring (bicyclic) bond motifs is 1. The van der Waals surface area contributed by atoms with Gasteiger partial charge in [0.2, 0.25) is 0 Å². The van der Waals surface area contributed by atoms with Crippen LogP contribution in [0, 0.1) is 0 Å². The largest absolute Gasteiger partial charge is 0.312 e. The maximum Gasteiger partial charge on any atom is 0.160 e. The molecule has 20 heavy (non-hydrogen) atoms. The fourth-order valence-electron chi connectivity index (χ4n) is 2.10. The van der Waals surface area contributed by atoms with Gasteiger partial charge < -0.3 is 5.32 Å². The molecule has 3 aromatic rings. The Bertz CT molecular complexity index is 690. The molecule has 0 aliphatic rings. The zero-order chi connectivity index (χ0) is 13.8. The first-order chi connectivity index (χ1) is 9.83. The topological polar surface area (TPSA) is 42.2 Å². The normalized spacial score (nSPS) is 11.1. The van der Waals surface area contributed by atoms with Gasteiger partial charge in [0.25, 0.3) is 0 Å². The molecule has 2 aromatic heterocycles. The summed E-state index contributed by atoms with van der Waals surface area (Å²) in [5.74, 6) is 0.990. The van der Waals surface area contributed by atoms with Crippen LogP contribution in [0.2, 0.25) is 0 Å². The van der Waals surface area contributed by atoms with Crippen LogP contribution in [0.25, 0.3) is 5.65 Å². The molecule has 102 valence electrons. The highest BCUT2D eigenvalue weighted by Crippen LogP contribution is 2.10. The van der Waals surface area contributed by atoms with Crippen molar-refractivity contribution in [3.8, 4) is 0 Å². The Morgan fingerprint density at radius 3 is 2.75 bits per heavy atom. The van der Waals surface area contributed by atoms with E-state index >= 15 is 0 Å². The van der Waals surface area contributed by atoms with Gasteiger partial charge in [0.05, 0.1) is 0 Å². The zero-order valence-electron chi connectivity index (χ0n) is 11.0. The molecule has 0 aliphatic heterocycles. The first kappa shape index (κ1) is 13.3. The van der Waals surface area contributed by atoms with Gasteiger partial charge in [0.15, 0.2) is 5.65 Å². The third kappa shape index (κ3) is 3.05. The number of aromatic nitrogens is 3. The van der Waals surface area contributed by atoms with E-state index in [4.69, 9.17) is 0 Å². The second kappa shape index (κ2) is 6.15. The third-order valence-electron chi connectivity index (χ3n) is 3.15. The summed E-state index contributed by atoms with van der Waals surface area (Å²) < 4.78 is 3.14. The van der Waals surface area contributed by atoms with Gasteiger partial charge in [-0.15, -0.1) is 10.2 Å². The van der Waals surface area contributed by atoms with Crippen LogP contribution in [0.3, 0.4) is 0 Å². The lowest BCUT2D eigenvalue weighted by Gasteiger charge is -2.04. The molecule has 1 N–H and O–H groups in total. The summed E-state index contributed by atoms with van der Waals surface area (Å²) in [6.07, 6.45) is 2.86. The molecule has 5 heteroatoms. The lowest BCUT2D eigenvalue weighted by Crippen LogP contribution is -2.17. The fraction of sp³-hybridized carbons (Fsp3) is 0.200. The van der Waals surface area contributed by atoms with Crippen molar-refractivity contribution in [3.05, 3.63) is 64.5 Å².